The van der Waals surface area contributed by atoms with Crippen LogP contribution in [0.15, 0.2) is 127 Å². The Balaban J connectivity index is 0.000000595. The van der Waals surface area contributed by atoms with Crippen molar-refractivity contribution >= 4 is 11.0 Å². The molecule has 0 aliphatic rings. The van der Waals surface area contributed by atoms with Gasteiger partial charge in [0.25, 0.3) is 5.82 Å². The first-order valence-corrected chi connectivity index (χ1v) is 13.9. The van der Waals surface area contributed by atoms with E-state index in [4.69, 9.17) is 18.6 Å². The van der Waals surface area contributed by atoms with Crippen LogP contribution in [-0.2, 0) is 14.1 Å². The normalized spacial score (nSPS) is 11.2. The average molecular weight is 551 g/mol. The molecule has 0 aliphatic heterocycles. The molecular formula is C33H27ClN2O4. The van der Waals surface area contributed by atoms with Gasteiger partial charge in [0.2, 0.25) is 0 Å². The third-order valence-corrected chi connectivity index (χ3v) is 6.88. The molecule has 0 saturated heterocycles. The van der Waals surface area contributed by atoms with Crippen molar-refractivity contribution in [3.63, 3.8) is 0 Å². The van der Waals surface area contributed by atoms with Crippen LogP contribution in [-0.4, -0.2) is 4.57 Å². The highest BCUT2D eigenvalue weighted by molar-refractivity contribution is 5.96. The molecule has 0 atom stereocenters. The maximum absolute atomic E-state index is 8.49. The smallest absolute Gasteiger partial charge is 0.226 e. The molecule has 0 radical (unpaired) electrons. The van der Waals surface area contributed by atoms with Gasteiger partial charge in [0.05, 0.1) is 19.7 Å². The summed E-state index contributed by atoms with van der Waals surface area (Å²) in [5.41, 5.74) is 11.0. The Morgan fingerprint density at radius 1 is 0.550 bits per heavy atom. The number of aromatic nitrogens is 2. The van der Waals surface area contributed by atoms with Crippen molar-refractivity contribution in [2.45, 2.75) is 0 Å². The van der Waals surface area contributed by atoms with Crippen LogP contribution in [0.25, 0.3) is 55.8 Å². The Bertz CT molecular complexity index is 1640. The topological polar surface area (TPSA) is 101 Å². The van der Waals surface area contributed by atoms with E-state index in [9.17, 15) is 0 Å². The highest BCUT2D eigenvalue weighted by Gasteiger charge is 2.28. The average Bonchev–Trinajstić information content (AvgIpc) is 3.22. The fourth-order valence-electron chi connectivity index (χ4n) is 5.19. The van der Waals surface area contributed by atoms with Crippen molar-refractivity contribution in [1.29, 1.82) is 0 Å². The summed E-state index contributed by atoms with van der Waals surface area (Å²) in [6.07, 6.45) is 0. The quantitative estimate of drug-likeness (QED) is 0.315. The zero-order chi connectivity index (χ0) is 28.3. The second-order valence-electron chi connectivity index (χ2n) is 9.35. The third kappa shape index (κ3) is 5.82. The van der Waals surface area contributed by atoms with Crippen molar-refractivity contribution in [2.75, 3.05) is 0 Å². The molecule has 0 bridgehead atoms. The summed E-state index contributed by atoms with van der Waals surface area (Å²) < 4.78 is 38.6. The summed E-state index contributed by atoms with van der Waals surface area (Å²) in [6.45, 7) is 0. The van der Waals surface area contributed by atoms with E-state index in [-0.39, 0.29) is 0 Å². The predicted octanol–water partition coefficient (Wildman–Crippen LogP) is 2.91. The zero-order valence-electron chi connectivity index (χ0n) is 22.0. The van der Waals surface area contributed by atoms with Crippen LogP contribution in [0.1, 0.15) is 0 Å². The first-order valence-electron chi connectivity index (χ1n) is 12.6. The molecule has 0 amide bonds. The van der Waals surface area contributed by atoms with Gasteiger partial charge >= 0.3 is 0 Å². The minimum atomic E-state index is -4.94. The van der Waals surface area contributed by atoms with Crippen LogP contribution in [0.5, 0.6) is 0 Å². The van der Waals surface area contributed by atoms with E-state index in [1.54, 1.807) is 0 Å². The van der Waals surface area contributed by atoms with Crippen molar-refractivity contribution in [1.82, 2.24) is 4.57 Å². The number of nitrogens with zero attached hydrogens (tertiary/aromatic N) is 2. The minimum absolute atomic E-state index is 1.18. The summed E-state index contributed by atoms with van der Waals surface area (Å²) in [7, 11) is -0.599. The highest BCUT2D eigenvalue weighted by atomic mass is 35.7. The minimum Gasteiger partial charge on any atom is -0.226 e. The van der Waals surface area contributed by atoms with Gasteiger partial charge in [-0.3, -0.25) is 0 Å². The van der Waals surface area contributed by atoms with E-state index in [2.05, 4.69) is 151 Å². The lowest BCUT2D eigenvalue weighted by atomic mass is 9.87. The Hall–Kier alpha value is -4.30. The van der Waals surface area contributed by atoms with Crippen molar-refractivity contribution in [3.05, 3.63) is 127 Å². The molecule has 200 valence electrons. The Labute approximate surface area is 235 Å². The van der Waals surface area contributed by atoms with Gasteiger partial charge in [0.15, 0.2) is 11.0 Å². The molecule has 0 fully saturated rings. The van der Waals surface area contributed by atoms with Crippen LogP contribution in [0, 0.1) is 10.2 Å². The molecule has 1 aromatic heterocycles. The van der Waals surface area contributed by atoms with E-state index in [1.807, 2.05) is 0 Å². The Kier molecular flexibility index (Phi) is 7.80. The molecule has 0 saturated carbocycles. The molecule has 40 heavy (non-hydrogen) atoms. The van der Waals surface area contributed by atoms with E-state index in [1.165, 1.54) is 55.8 Å². The van der Waals surface area contributed by atoms with Crippen LogP contribution in [0.3, 0.4) is 0 Å². The van der Waals surface area contributed by atoms with Crippen molar-refractivity contribution in [3.8, 4) is 44.8 Å². The first-order chi connectivity index (χ1) is 19.2. The van der Waals surface area contributed by atoms with E-state index < -0.39 is 10.2 Å². The molecular weight excluding hydrogens is 524 g/mol. The van der Waals surface area contributed by atoms with Crippen LogP contribution < -0.4 is 23.2 Å². The molecule has 6 aromatic rings. The van der Waals surface area contributed by atoms with Gasteiger partial charge in [-0.05, 0) is 57.6 Å². The third-order valence-electron chi connectivity index (χ3n) is 6.88. The van der Waals surface area contributed by atoms with E-state index in [0.717, 1.165) is 0 Å². The molecule has 0 N–H and O–H groups in total. The first kappa shape index (κ1) is 27.3. The number of para-hydroxylation sites is 2. The maximum atomic E-state index is 8.49. The summed E-state index contributed by atoms with van der Waals surface area (Å²) in [4.78, 5) is 0. The van der Waals surface area contributed by atoms with Crippen LogP contribution >= 0.6 is 0 Å². The number of fused-ring (bicyclic) bond motifs is 1. The fraction of sp³-hybridized carbons (Fsp3) is 0.0606. The number of imidazole rings is 1. The summed E-state index contributed by atoms with van der Waals surface area (Å²) in [5.74, 6) is 1.18. The SMILES string of the molecule is Cn1c(-c2c(-c3ccccc3)cc(-c3ccccc3)cc2-c2ccccc2)[n+](C)c2ccccc21.[O-][Cl+3]([O-])([O-])[O-]. The van der Waals surface area contributed by atoms with Crippen LogP contribution in [0.2, 0.25) is 0 Å². The highest BCUT2D eigenvalue weighted by Crippen LogP contribution is 2.42. The number of hydrogen-bond acceptors (Lipinski definition) is 4. The molecule has 0 spiro atoms. The molecule has 5 aromatic carbocycles. The second kappa shape index (κ2) is 11.4. The van der Waals surface area contributed by atoms with E-state index >= 15 is 0 Å². The van der Waals surface area contributed by atoms with Gasteiger partial charge < -0.3 is 0 Å². The van der Waals surface area contributed by atoms with Gasteiger partial charge in [-0.15, -0.1) is 10.2 Å². The van der Waals surface area contributed by atoms with Gasteiger partial charge in [0.1, 0.15) is 0 Å². The van der Waals surface area contributed by atoms with Crippen molar-refractivity contribution in [2.24, 2.45) is 14.1 Å². The maximum Gasteiger partial charge on any atom is 0.290 e. The number of benzene rings is 5. The summed E-state index contributed by atoms with van der Waals surface area (Å²) >= 11 is 0. The lowest BCUT2D eigenvalue weighted by Gasteiger charge is -2.17. The van der Waals surface area contributed by atoms with Gasteiger partial charge in [-0.25, -0.2) is 27.8 Å². The number of halogens is 1. The molecule has 6 rings (SSSR count). The number of hydrogen-bond donors (Lipinski definition) is 0. The van der Waals surface area contributed by atoms with Gasteiger partial charge in [0, 0.05) is 0 Å². The molecule has 7 heteroatoms. The molecule has 6 nitrogen and oxygen atoms in total. The monoisotopic (exact) mass is 550 g/mol. The van der Waals surface area contributed by atoms with Gasteiger partial charge in [-0.2, -0.15) is 0 Å². The Morgan fingerprint density at radius 2 is 0.950 bits per heavy atom. The Morgan fingerprint density at radius 3 is 1.40 bits per heavy atom. The summed E-state index contributed by atoms with van der Waals surface area (Å²) in [5, 5.41) is 0. The predicted molar refractivity (Wildman–Crippen MR) is 146 cm³/mol. The number of aryl methyl sites for hydroxylation is 2. The number of rotatable bonds is 4. The van der Waals surface area contributed by atoms with Crippen LogP contribution in [0.4, 0.5) is 0 Å². The molecule has 0 aliphatic carbocycles. The van der Waals surface area contributed by atoms with Crippen molar-refractivity contribution < 1.29 is 33.4 Å². The standard InChI is InChI=1S/C33H27N2.ClHO4/c1-34-30-20-12-13-21-31(30)35(2)33(34)32-28(25-16-8-4-9-17-25)22-27(24-14-6-3-7-15-24)23-29(32)26-18-10-5-11-19-26;2-1(3,4)5/h3-23H,1-2H3;(H,2,3,4,5)/q+1;/p-1. The van der Waals surface area contributed by atoms with E-state index in [0.29, 0.717) is 0 Å². The summed E-state index contributed by atoms with van der Waals surface area (Å²) in [6, 6.07) is 45.5. The zero-order valence-corrected chi connectivity index (χ0v) is 22.8. The van der Waals surface area contributed by atoms with Gasteiger partial charge in [-0.1, -0.05) is 103 Å². The second-order valence-corrected chi connectivity index (χ2v) is 10.1. The lowest BCUT2D eigenvalue weighted by Crippen LogP contribution is -2.68. The fourth-order valence-corrected chi connectivity index (χ4v) is 5.19. The largest absolute Gasteiger partial charge is 0.290 e. The molecule has 1 heterocycles. The molecule has 0 unspecified atom stereocenters. The lowest BCUT2D eigenvalue weighted by molar-refractivity contribution is -2.00.